The van der Waals surface area contributed by atoms with Gasteiger partial charge in [0, 0.05) is 5.56 Å². The summed E-state index contributed by atoms with van der Waals surface area (Å²) in [5.74, 6) is -1.52. The Morgan fingerprint density at radius 3 is 2.43 bits per heavy atom. The molecule has 0 aliphatic heterocycles. The summed E-state index contributed by atoms with van der Waals surface area (Å²) >= 11 is 1.29. The number of carbonyl (C=O) groups excluding carboxylic acids is 3. The van der Waals surface area contributed by atoms with Gasteiger partial charge in [0.05, 0.1) is 12.8 Å². The molecule has 0 atom stereocenters. The maximum Gasteiger partial charge on any atom is 0.353 e. The maximum absolute atomic E-state index is 12.8. The summed E-state index contributed by atoms with van der Waals surface area (Å²) in [4.78, 5) is 36.0. The van der Waals surface area contributed by atoms with Crippen LogP contribution in [0.3, 0.4) is 0 Å². The van der Waals surface area contributed by atoms with Gasteiger partial charge in [-0.15, -0.1) is 11.3 Å². The summed E-state index contributed by atoms with van der Waals surface area (Å²) in [6, 6.07) is 15.0. The molecular weight excluding hydrogens is 409 g/mol. The number of carbonyl (C=O) groups is 3. The van der Waals surface area contributed by atoms with Crippen LogP contribution in [-0.2, 0) is 4.79 Å². The van der Waals surface area contributed by atoms with Crippen LogP contribution in [0, 0.1) is 5.82 Å². The van der Waals surface area contributed by atoms with Gasteiger partial charge in [0.25, 0.3) is 11.8 Å². The van der Waals surface area contributed by atoms with E-state index in [9.17, 15) is 18.8 Å². The Morgan fingerprint density at radius 2 is 1.77 bits per heavy atom. The van der Waals surface area contributed by atoms with Crippen molar-refractivity contribution in [3.63, 3.8) is 0 Å². The summed E-state index contributed by atoms with van der Waals surface area (Å²) in [6.07, 6.45) is 1.41. The minimum atomic E-state index is -0.525. The Kier molecular flexibility index (Phi) is 7.01. The molecule has 1 heterocycles. The summed E-state index contributed by atoms with van der Waals surface area (Å²) < 4.78 is 18.1. The van der Waals surface area contributed by atoms with Crippen LogP contribution in [0.25, 0.3) is 0 Å². The molecule has 0 bridgehead atoms. The highest BCUT2D eigenvalue weighted by Crippen LogP contribution is 2.16. The zero-order valence-corrected chi connectivity index (χ0v) is 16.3. The first-order chi connectivity index (χ1) is 14.5. The van der Waals surface area contributed by atoms with E-state index in [0.717, 1.165) is 12.1 Å². The van der Waals surface area contributed by atoms with Crippen molar-refractivity contribution in [2.24, 2.45) is 5.10 Å². The number of ether oxygens (including phenoxy) is 1. The predicted octanol–water partition coefficient (Wildman–Crippen LogP) is 2.99. The average Bonchev–Trinajstić information content (AvgIpc) is 3.29. The Labute approximate surface area is 175 Å². The fourth-order valence-electron chi connectivity index (χ4n) is 2.26. The van der Waals surface area contributed by atoms with Crippen LogP contribution in [0.4, 0.5) is 4.39 Å². The van der Waals surface area contributed by atoms with Crippen LogP contribution in [0.15, 0.2) is 71.1 Å². The van der Waals surface area contributed by atoms with E-state index in [2.05, 4.69) is 15.8 Å². The van der Waals surface area contributed by atoms with E-state index >= 15 is 0 Å². The number of rotatable bonds is 7. The highest BCUT2D eigenvalue weighted by Gasteiger charge is 2.09. The molecule has 3 aromatic rings. The van der Waals surface area contributed by atoms with Crippen LogP contribution >= 0.6 is 11.3 Å². The van der Waals surface area contributed by atoms with E-state index in [0.29, 0.717) is 16.2 Å². The molecule has 2 aromatic carbocycles. The van der Waals surface area contributed by atoms with E-state index in [1.807, 2.05) is 0 Å². The van der Waals surface area contributed by atoms with Crippen molar-refractivity contribution >= 4 is 35.3 Å². The number of benzene rings is 2. The minimum Gasteiger partial charge on any atom is -0.422 e. The van der Waals surface area contributed by atoms with E-state index in [-0.39, 0.29) is 12.1 Å². The molecule has 7 nitrogen and oxygen atoms in total. The molecule has 0 aliphatic rings. The normalized spacial score (nSPS) is 10.6. The number of hydrazone groups is 1. The van der Waals surface area contributed by atoms with Crippen LogP contribution < -0.4 is 15.5 Å². The Morgan fingerprint density at radius 1 is 1.03 bits per heavy atom. The largest absolute Gasteiger partial charge is 0.422 e. The molecule has 0 spiro atoms. The van der Waals surface area contributed by atoms with Crippen molar-refractivity contribution in [3.8, 4) is 5.75 Å². The molecule has 152 valence electrons. The first-order valence-electron chi connectivity index (χ1n) is 8.73. The number of nitrogens with zero attached hydrogens (tertiary/aromatic N) is 1. The summed E-state index contributed by atoms with van der Waals surface area (Å²) in [7, 11) is 0. The quantitative estimate of drug-likeness (QED) is 0.263. The fourth-order valence-corrected chi connectivity index (χ4v) is 2.85. The van der Waals surface area contributed by atoms with Gasteiger partial charge in [-0.2, -0.15) is 5.10 Å². The van der Waals surface area contributed by atoms with Crippen molar-refractivity contribution in [1.29, 1.82) is 0 Å². The number of thiophene rings is 1. The molecule has 2 N–H and O–H groups in total. The second kappa shape index (κ2) is 10.1. The number of halogens is 1. The van der Waals surface area contributed by atoms with Gasteiger partial charge in [-0.3, -0.25) is 9.59 Å². The summed E-state index contributed by atoms with van der Waals surface area (Å²) in [5, 5.41) is 8.00. The molecular formula is C21H16FN3O4S. The van der Waals surface area contributed by atoms with Gasteiger partial charge < -0.3 is 10.1 Å². The van der Waals surface area contributed by atoms with Gasteiger partial charge in [0.1, 0.15) is 16.4 Å². The molecule has 1 aromatic heterocycles. The first kappa shape index (κ1) is 20.9. The van der Waals surface area contributed by atoms with Crippen molar-refractivity contribution in [2.75, 3.05) is 6.54 Å². The Bertz CT molecular complexity index is 1050. The Hall–Kier alpha value is -3.85. The smallest absolute Gasteiger partial charge is 0.353 e. The van der Waals surface area contributed by atoms with Crippen LogP contribution in [0.5, 0.6) is 5.75 Å². The zero-order valence-electron chi connectivity index (χ0n) is 15.5. The predicted molar refractivity (Wildman–Crippen MR) is 110 cm³/mol. The molecule has 3 rings (SSSR count). The second-order valence-electron chi connectivity index (χ2n) is 5.92. The SMILES string of the molecule is O=C(CNC(=O)c1ccc(F)cc1)N/N=C\c1ccc(OC(=O)c2cccs2)cc1. The minimum absolute atomic E-state index is 0.243. The summed E-state index contributed by atoms with van der Waals surface area (Å²) in [6.45, 7) is -0.287. The van der Waals surface area contributed by atoms with Gasteiger partial charge in [0.15, 0.2) is 0 Å². The van der Waals surface area contributed by atoms with Crippen molar-refractivity contribution < 1.29 is 23.5 Å². The highest BCUT2D eigenvalue weighted by molar-refractivity contribution is 7.12. The fraction of sp³-hybridized carbons (Fsp3) is 0.0476. The van der Waals surface area contributed by atoms with E-state index in [1.165, 1.54) is 29.7 Å². The molecule has 0 radical (unpaired) electrons. The number of hydrogen-bond acceptors (Lipinski definition) is 6. The summed E-state index contributed by atoms with van der Waals surface area (Å²) in [5.41, 5.74) is 3.20. The van der Waals surface area contributed by atoms with Crippen molar-refractivity contribution in [3.05, 3.63) is 87.9 Å². The van der Waals surface area contributed by atoms with Crippen molar-refractivity contribution in [1.82, 2.24) is 10.7 Å². The molecule has 0 saturated heterocycles. The number of esters is 1. The lowest BCUT2D eigenvalue weighted by molar-refractivity contribution is -0.120. The molecule has 0 fully saturated rings. The lowest BCUT2D eigenvalue weighted by atomic mass is 10.2. The average molecular weight is 425 g/mol. The molecule has 0 aliphatic carbocycles. The van der Waals surface area contributed by atoms with E-state index < -0.39 is 23.6 Å². The highest BCUT2D eigenvalue weighted by atomic mass is 32.1. The van der Waals surface area contributed by atoms with Crippen molar-refractivity contribution in [2.45, 2.75) is 0 Å². The molecule has 9 heteroatoms. The first-order valence-corrected chi connectivity index (χ1v) is 9.60. The van der Waals surface area contributed by atoms with Crippen LogP contribution in [0.1, 0.15) is 25.6 Å². The monoisotopic (exact) mass is 425 g/mol. The third-order valence-electron chi connectivity index (χ3n) is 3.73. The second-order valence-corrected chi connectivity index (χ2v) is 6.87. The lowest BCUT2D eigenvalue weighted by Crippen LogP contribution is -2.34. The van der Waals surface area contributed by atoms with E-state index in [1.54, 1.807) is 41.8 Å². The molecule has 30 heavy (non-hydrogen) atoms. The van der Waals surface area contributed by atoms with Crippen LogP contribution in [0.2, 0.25) is 0 Å². The number of hydrogen-bond donors (Lipinski definition) is 2. The van der Waals surface area contributed by atoms with Gasteiger partial charge in [-0.1, -0.05) is 6.07 Å². The van der Waals surface area contributed by atoms with Gasteiger partial charge in [-0.05, 0) is 65.5 Å². The standard InChI is InChI=1S/C21H16FN3O4S/c22-16-7-5-15(6-8-16)20(27)23-13-19(26)25-24-12-14-3-9-17(10-4-14)29-21(28)18-2-1-11-30-18/h1-12H,13H2,(H,23,27)(H,25,26)/b24-12-. The van der Waals surface area contributed by atoms with Crippen LogP contribution in [-0.4, -0.2) is 30.5 Å². The third kappa shape index (κ3) is 6.08. The Balaban J connectivity index is 1.43. The number of nitrogens with one attached hydrogen (secondary N) is 2. The third-order valence-corrected chi connectivity index (χ3v) is 4.58. The van der Waals surface area contributed by atoms with Gasteiger partial charge >= 0.3 is 5.97 Å². The molecule has 0 unspecified atom stereocenters. The number of amides is 2. The molecule has 0 saturated carbocycles. The van der Waals surface area contributed by atoms with E-state index in [4.69, 9.17) is 4.74 Å². The topological polar surface area (TPSA) is 96.9 Å². The van der Waals surface area contributed by atoms with Gasteiger partial charge in [-0.25, -0.2) is 14.6 Å². The molecule has 2 amide bonds. The zero-order chi connectivity index (χ0) is 21.3. The van der Waals surface area contributed by atoms with Gasteiger partial charge in [0.2, 0.25) is 0 Å². The maximum atomic E-state index is 12.8. The lowest BCUT2D eigenvalue weighted by Gasteiger charge is -2.04.